The van der Waals surface area contributed by atoms with Crippen LogP contribution in [0.25, 0.3) is 11.1 Å². The second-order valence-electron chi connectivity index (χ2n) is 9.12. The summed E-state index contributed by atoms with van der Waals surface area (Å²) in [6, 6.07) is 27.0. The minimum absolute atomic E-state index is 0.0690. The van der Waals surface area contributed by atoms with Gasteiger partial charge in [0.25, 0.3) is 0 Å². The number of aliphatic hydroxyl groups is 1. The minimum Gasteiger partial charge on any atom is -0.399 e. The number of anilines is 2. The highest BCUT2D eigenvalue weighted by atomic mass is 19.1. The van der Waals surface area contributed by atoms with E-state index in [1.807, 2.05) is 48.5 Å². The van der Waals surface area contributed by atoms with Crippen LogP contribution in [0.3, 0.4) is 0 Å². The lowest BCUT2D eigenvalue weighted by Gasteiger charge is -2.48. The summed E-state index contributed by atoms with van der Waals surface area (Å²) in [5, 5.41) is 10.6. The second kappa shape index (κ2) is 9.91. The van der Waals surface area contributed by atoms with Crippen molar-refractivity contribution < 1.29 is 18.7 Å². The van der Waals surface area contributed by atoms with Crippen LogP contribution < -0.4 is 10.6 Å². The van der Waals surface area contributed by atoms with Gasteiger partial charge in [0.1, 0.15) is 11.6 Å². The zero-order chi connectivity index (χ0) is 25.2. The molecule has 3 N–H and O–H groups in total. The number of nitrogens with two attached hydrogens (primary N) is 1. The fraction of sp³-hybridized carbons (Fsp3) is 0.167. The Labute approximate surface area is 208 Å². The molecular formula is C30H26F2N2O2. The van der Waals surface area contributed by atoms with Crippen molar-refractivity contribution in [2.45, 2.75) is 25.0 Å². The molecule has 0 radical (unpaired) electrons. The Bertz CT molecular complexity index is 1340. The molecule has 5 rings (SSSR count). The van der Waals surface area contributed by atoms with E-state index in [-0.39, 0.29) is 29.5 Å². The highest BCUT2D eigenvalue weighted by Crippen LogP contribution is 2.46. The SMILES string of the molecule is Nc1ccc(-c2ccc(C3C(CC[C@H](O)c4ccc(F)cc4)C(=O)N3c3ccc(F)cc3)cc2)cc1. The first-order valence-electron chi connectivity index (χ1n) is 11.9. The van der Waals surface area contributed by atoms with Crippen molar-refractivity contribution in [3.05, 3.63) is 120 Å². The summed E-state index contributed by atoms with van der Waals surface area (Å²) in [4.78, 5) is 14.9. The normalized spacial score (nSPS) is 18.1. The van der Waals surface area contributed by atoms with E-state index in [4.69, 9.17) is 5.73 Å². The predicted molar refractivity (Wildman–Crippen MR) is 137 cm³/mol. The highest BCUT2D eigenvalue weighted by molar-refractivity contribution is 6.03. The number of hydrogen-bond acceptors (Lipinski definition) is 3. The van der Waals surface area contributed by atoms with Crippen LogP contribution in [0.15, 0.2) is 97.1 Å². The molecule has 3 atom stereocenters. The van der Waals surface area contributed by atoms with Crippen molar-refractivity contribution in [3.63, 3.8) is 0 Å². The zero-order valence-corrected chi connectivity index (χ0v) is 19.5. The van der Waals surface area contributed by atoms with E-state index >= 15 is 0 Å². The van der Waals surface area contributed by atoms with Crippen LogP contribution in [0.4, 0.5) is 20.2 Å². The number of halogens is 2. The maximum atomic E-state index is 13.5. The summed E-state index contributed by atoms with van der Waals surface area (Å²) < 4.78 is 26.8. The van der Waals surface area contributed by atoms with Crippen LogP contribution in [0.1, 0.15) is 36.1 Å². The molecule has 0 spiro atoms. The van der Waals surface area contributed by atoms with Gasteiger partial charge in [0.05, 0.1) is 18.1 Å². The number of hydrogen-bond donors (Lipinski definition) is 2. The second-order valence-corrected chi connectivity index (χ2v) is 9.12. The van der Waals surface area contributed by atoms with Crippen molar-refractivity contribution in [3.8, 4) is 11.1 Å². The first-order chi connectivity index (χ1) is 17.4. The smallest absolute Gasteiger partial charge is 0.233 e. The van der Waals surface area contributed by atoms with Gasteiger partial charge in [-0.05, 0) is 83.6 Å². The molecule has 4 aromatic rings. The number of carbonyl (C=O) groups is 1. The molecule has 1 aliphatic heterocycles. The molecule has 182 valence electrons. The molecule has 6 heteroatoms. The molecule has 4 aromatic carbocycles. The van der Waals surface area contributed by atoms with Crippen LogP contribution >= 0.6 is 0 Å². The molecule has 1 saturated heterocycles. The molecule has 4 nitrogen and oxygen atoms in total. The average Bonchev–Trinajstić information content (AvgIpc) is 2.89. The molecular weight excluding hydrogens is 458 g/mol. The van der Waals surface area contributed by atoms with Gasteiger partial charge < -0.3 is 15.7 Å². The Hall–Kier alpha value is -4.03. The van der Waals surface area contributed by atoms with E-state index in [2.05, 4.69) is 0 Å². The highest BCUT2D eigenvalue weighted by Gasteiger charge is 2.48. The molecule has 1 amide bonds. The monoisotopic (exact) mass is 484 g/mol. The summed E-state index contributed by atoms with van der Waals surface area (Å²) in [6.07, 6.45) is 0.0190. The van der Waals surface area contributed by atoms with Crippen LogP contribution in [-0.2, 0) is 4.79 Å². The zero-order valence-electron chi connectivity index (χ0n) is 19.5. The first kappa shape index (κ1) is 23.7. The Balaban J connectivity index is 1.39. The predicted octanol–water partition coefficient (Wildman–Crippen LogP) is 6.43. The van der Waals surface area contributed by atoms with Crippen molar-refractivity contribution >= 4 is 17.3 Å². The first-order valence-corrected chi connectivity index (χ1v) is 11.9. The third-order valence-electron chi connectivity index (χ3n) is 6.82. The quantitative estimate of drug-likeness (QED) is 0.235. The standard InChI is InChI=1S/C30H26F2N2O2/c31-23-9-5-21(6-10-23)28(35)18-17-27-29(34(30(27)36)26-15-11-24(32)12-16-26)22-3-1-19(2-4-22)20-7-13-25(33)14-8-20/h1-16,27-29,35H,17-18,33H2/t27?,28-,29?/m0/s1. The molecule has 1 heterocycles. The summed E-state index contributed by atoms with van der Waals surface area (Å²) in [6.45, 7) is 0. The van der Waals surface area contributed by atoms with Gasteiger partial charge in [0.15, 0.2) is 0 Å². The average molecular weight is 485 g/mol. The lowest BCUT2D eigenvalue weighted by atomic mass is 9.78. The lowest BCUT2D eigenvalue weighted by Crippen LogP contribution is -2.55. The maximum absolute atomic E-state index is 13.5. The van der Waals surface area contributed by atoms with Gasteiger partial charge >= 0.3 is 0 Å². The fourth-order valence-electron chi connectivity index (χ4n) is 4.84. The Morgan fingerprint density at radius 2 is 1.31 bits per heavy atom. The number of carbonyl (C=O) groups excluding carboxylic acids is 1. The van der Waals surface area contributed by atoms with Crippen LogP contribution in [0, 0.1) is 17.6 Å². The Morgan fingerprint density at radius 3 is 1.89 bits per heavy atom. The van der Waals surface area contributed by atoms with Gasteiger partial charge in [0.2, 0.25) is 5.91 Å². The number of aliphatic hydroxyl groups excluding tert-OH is 1. The van der Waals surface area contributed by atoms with Gasteiger partial charge in [0, 0.05) is 11.4 Å². The molecule has 0 aliphatic carbocycles. The number of nitrogens with zero attached hydrogens (tertiary/aromatic N) is 1. The van der Waals surface area contributed by atoms with Crippen molar-refractivity contribution in [1.29, 1.82) is 0 Å². The van der Waals surface area contributed by atoms with Gasteiger partial charge in [-0.2, -0.15) is 0 Å². The molecule has 1 fully saturated rings. The number of nitrogen functional groups attached to an aromatic ring is 1. The van der Waals surface area contributed by atoms with E-state index in [1.165, 1.54) is 24.3 Å². The minimum atomic E-state index is -0.799. The van der Waals surface area contributed by atoms with Crippen molar-refractivity contribution in [2.24, 2.45) is 5.92 Å². The van der Waals surface area contributed by atoms with Gasteiger partial charge in [-0.1, -0.05) is 48.5 Å². The summed E-state index contributed by atoms with van der Waals surface area (Å²) in [7, 11) is 0. The van der Waals surface area contributed by atoms with Crippen molar-refractivity contribution in [1.82, 2.24) is 0 Å². The van der Waals surface area contributed by atoms with E-state index < -0.39 is 6.10 Å². The molecule has 0 saturated carbocycles. The topological polar surface area (TPSA) is 66.6 Å². The molecule has 0 bridgehead atoms. The van der Waals surface area contributed by atoms with Gasteiger partial charge in [-0.3, -0.25) is 4.79 Å². The fourth-order valence-corrected chi connectivity index (χ4v) is 4.84. The van der Waals surface area contributed by atoms with E-state index in [0.29, 0.717) is 29.8 Å². The molecule has 36 heavy (non-hydrogen) atoms. The number of benzene rings is 4. The van der Waals surface area contributed by atoms with Crippen LogP contribution in [0.5, 0.6) is 0 Å². The van der Waals surface area contributed by atoms with Gasteiger partial charge in [-0.25, -0.2) is 8.78 Å². The molecule has 1 aliphatic rings. The number of rotatable bonds is 7. The van der Waals surface area contributed by atoms with Crippen LogP contribution in [-0.4, -0.2) is 11.0 Å². The number of amides is 1. The third-order valence-corrected chi connectivity index (χ3v) is 6.82. The van der Waals surface area contributed by atoms with Crippen molar-refractivity contribution in [2.75, 3.05) is 10.6 Å². The third kappa shape index (κ3) is 4.72. The van der Waals surface area contributed by atoms with E-state index in [0.717, 1.165) is 16.7 Å². The summed E-state index contributed by atoms with van der Waals surface area (Å²) in [5.74, 6) is -1.14. The van der Waals surface area contributed by atoms with Gasteiger partial charge in [-0.15, -0.1) is 0 Å². The summed E-state index contributed by atoms with van der Waals surface area (Å²) >= 11 is 0. The largest absolute Gasteiger partial charge is 0.399 e. The maximum Gasteiger partial charge on any atom is 0.233 e. The molecule has 0 aromatic heterocycles. The Morgan fingerprint density at radius 1 is 0.778 bits per heavy atom. The van der Waals surface area contributed by atoms with E-state index in [9.17, 15) is 18.7 Å². The van der Waals surface area contributed by atoms with Crippen LogP contribution in [0.2, 0.25) is 0 Å². The molecule has 2 unspecified atom stereocenters. The summed E-state index contributed by atoms with van der Waals surface area (Å²) in [5.41, 5.74) is 10.8. The lowest BCUT2D eigenvalue weighted by molar-refractivity contribution is -0.131. The number of β-lactam (4-membered cyclic amide) rings is 1. The Kier molecular flexibility index (Phi) is 6.53. The van der Waals surface area contributed by atoms with E-state index in [1.54, 1.807) is 29.2 Å².